The van der Waals surface area contributed by atoms with Crippen LogP contribution in [0.2, 0.25) is 0 Å². The molecule has 0 aliphatic carbocycles. The van der Waals surface area contributed by atoms with Crippen LogP contribution in [0.1, 0.15) is 54.9 Å². The molecular weight excluding hydrogens is 423 g/mol. The van der Waals surface area contributed by atoms with Gasteiger partial charge in [0.25, 0.3) is 11.8 Å². The molecule has 0 saturated heterocycles. The highest BCUT2D eigenvalue weighted by atomic mass is 19.4. The molecular formula is C23H20F3N3O3. The van der Waals surface area contributed by atoms with Gasteiger partial charge >= 0.3 is 6.18 Å². The van der Waals surface area contributed by atoms with Gasteiger partial charge in [-0.1, -0.05) is 18.2 Å². The molecule has 1 aromatic heterocycles. The largest absolute Gasteiger partial charge is 0.416 e. The van der Waals surface area contributed by atoms with Crippen LogP contribution in [0.5, 0.6) is 0 Å². The minimum absolute atomic E-state index is 0.0344. The molecule has 2 amide bonds. The topological polar surface area (TPSA) is 91.1 Å². The van der Waals surface area contributed by atoms with E-state index < -0.39 is 23.6 Å². The first-order valence-electron chi connectivity index (χ1n) is 9.58. The van der Waals surface area contributed by atoms with Gasteiger partial charge < -0.3 is 15.6 Å². The number of Topliss-reactive ketones (excluding diaryl/α,β-unsaturated/α-hetero) is 1. The minimum Gasteiger partial charge on any atom is -0.354 e. The summed E-state index contributed by atoms with van der Waals surface area (Å²) in [4.78, 5) is 40.2. The van der Waals surface area contributed by atoms with Crippen LogP contribution in [0, 0.1) is 13.8 Å². The van der Waals surface area contributed by atoms with Crippen molar-refractivity contribution in [2.45, 2.75) is 26.9 Å². The fourth-order valence-electron chi connectivity index (χ4n) is 3.45. The van der Waals surface area contributed by atoms with Crippen LogP contribution in [0.4, 0.5) is 24.5 Å². The fourth-order valence-corrected chi connectivity index (χ4v) is 3.45. The minimum atomic E-state index is -4.54. The molecule has 3 N–H and O–H groups in total. The zero-order valence-corrected chi connectivity index (χ0v) is 17.5. The summed E-state index contributed by atoms with van der Waals surface area (Å²) in [5.41, 5.74) is 0.938. The van der Waals surface area contributed by atoms with E-state index in [0.717, 1.165) is 12.1 Å². The zero-order valence-electron chi connectivity index (χ0n) is 17.5. The summed E-state index contributed by atoms with van der Waals surface area (Å²) in [5.74, 6) is -1.43. The summed E-state index contributed by atoms with van der Waals surface area (Å²) >= 11 is 0. The van der Waals surface area contributed by atoms with Gasteiger partial charge in [0.15, 0.2) is 5.78 Å². The second-order valence-electron chi connectivity index (χ2n) is 7.21. The SMILES string of the molecule is CC(=O)c1c(C)[nH]c(C(=O)Nc2ccccc2C(=O)Nc2cccc(C(F)(F)F)c2)c1C. The molecule has 0 aliphatic heterocycles. The number of aromatic nitrogens is 1. The fraction of sp³-hybridized carbons (Fsp3) is 0.174. The predicted octanol–water partition coefficient (Wildman–Crippen LogP) is 5.36. The molecule has 32 heavy (non-hydrogen) atoms. The number of halogens is 3. The first kappa shape index (κ1) is 22.8. The van der Waals surface area contributed by atoms with Gasteiger partial charge in [-0.15, -0.1) is 0 Å². The van der Waals surface area contributed by atoms with Crippen molar-refractivity contribution in [3.05, 3.63) is 82.2 Å². The van der Waals surface area contributed by atoms with E-state index in [1.165, 1.54) is 31.2 Å². The van der Waals surface area contributed by atoms with Crippen LogP contribution in [0.3, 0.4) is 0 Å². The lowest BCUT2D eigenvalue weighted by molar-refractivity contribution is -0.137. The molecule has 1 heterocycles. The van der Waals surface area contributed by atoms with Crippen LogP contribution >= 0.6 is 0 Å². The Hall–Kier alpha value is -3.88. The van der Waals surface area contributed by atoms with Crippen molar-refractivity contribution in [1.82, 2.24) is 4.98 Å². The third-order valence-corrected chi connectivity index (χ3v) is 4.88. The number of alkyl halides is 3. The number of hydrogen-bond donors (Lipinski definition) is 3. The number of ketones is 1. The molecule has 3 rings (SSSR count). The number of carbonyl (C=O) groups is 3. The van der Waals surface area contributed by atoms with Crippen LogP contribution < -0.4 is 10.6 Å². The van der Waals surface area contributed by atoms with E-state index in [0.29, 0.717) is 16.8 Å². The van der Waals surface area contributed by atoms with Gasteiger partial charge in [0, 0.05) is 16.9 Å². The molecule has 0 radical (unpaired) electrons. The molecule has 6 nitrogen and oxygen atoms in total. The Morgan fingerprint density at radius 1 is 0.906 bits per heavy atom. The van der Waals surface area contributed by atoms with Gasteiger partial charge in [-0.05, 0) is 56.7 Å². The lowest BCUT2D eigenvalue weighted by Crippen LogP contribution is -2.19. The number of anilines is 2. The Kier molecular flexibility index (Phi) is 6.20. The molecule has 9 heteroatoms. The van der Waals surface area contributed by atoms with E-state index in [2.05, 4.69) is 15.6 Å². The van der Waals surface area contributed by atoms with E-state index in [4.69, 9.17) is 0 Å². The zero-order chi connectivity index (χ0) is 23.6. The van der Waals surface area contributed by atoms with Crippen molar-refractivity contribution in [3.8, 4) is 0 Å². The Balaban J connectivity index is 1.85. The first-order valence-corrected chi connectivity index (χ1v) is 9.58. The number of hydrogen-bond acceptors (Lipinski definition) is 3. The van der Waals surface area contributed by atoms with Gasteiger partial charge in [-0.2, -0.15) is 13.2 Å². The maximum atomic E-state index is 12.9. The van der Waals surface area contributed by atoms with Gasteiger partial charge in [0.1, 0.15) is 5.69 Å². The Labute approximate surface area is 181 Å². The monoisotopic (exact) mass is 443 g/mol. The smallest absolute Gasteiger partial charge is 0.354 e. The van der Waals surface area contributed by atoms with Crippen LogP contribution in [-0.4, -0.2) is 22.6 Å². The van der Waals surface area contributed by atoms with Crippen molar-refractivity contribution in [2.24, 2.45) is 0 Å². The predicted molar refractivity (Wildman–Crippen MR) is 114 cm³/mol. The molecule has 0 bridgehead atoms. The lowest BCUT2D eigenvalue weighted by atomic mass is 10.1. The van der Waals surface area contributed by atoms with Crippen molar-refractivity contribution in [1.29, 1.82) is 0 Å². The summed E-state index contributed by atoms with van der Waals surface area (Å²) in [5, 5.41) is 5.05. The molecule has 0 saturated carbocycles. The highest BCUT2D eigenvalue weighted by Crippen LogP contribution is 2.31. The molecule has 0 fully saturated rings. The summed E-state index contributed by atoms with van der Waals surface area (Å²) in [6.07, 6.45) is -4.54. The summed E-state index contributed by atoms with van der Waals surface area (Å²) in [6, 6.07) is 10.4. The van der Waals surface area contributed by atoms with Crippen molar-refractivity contribution in [2.75, 3.05) is 10.6 Å². The Morgan fingerprint density at radius 2 is 1.59 bits per heavy atom. The molecule has 0 spiro atoms. The van der Waals surface area contributed by atoms with Crippen LogP contribution in [0.15, 0.2) is 48.5 Å². The third-order valence-electron chi connectivity index (χ3n) is 4.88. The summed E-state index contributed by atoms with van der Waals surface area (Å²) in [6.45, 7) is 4.72. The van der Waals surface area contributed by atoms with E-state index in [-0.39, 0.29) is 28.4 Å². The van der Waals surface area contributed by atoms with Crippen molar-refractivity contribution in [3.63, 3.8) is 0 Å². The second kappa shape index (κ2) is 8.70. The first-order chi connectivity index (χ1) is 15.0. The highest BCUT2D eigenvalue weighted by Gasteiger charge is 2.30. The molecule has 0 atom stereocenters. The highest BCUT2D eigenvalue weighted by molar-refractivity contribution is 6.13. The maximum Gasteiger partial charge on any atom is 0.416 e. The Bertz CT molecular complexity index is 1210. The number of benzene rings is 2. The van der Waals surface area contributed by atoms with Gasteiger partial charge in [-0.25, -0.2) is 0 Å². The van der Waals surface area contributed by atoms with Gasteiger partial charge in [0.2, 0.25) is 0 Å². The standard InChI is InChI=1S/C23H20F3N3O3/c1-12-19(14(3)30)13(2)27-20(12)22(32)29-18-10-5-4-9-17(18)21(31)28-16-8-6-7-15(11-16)23(24,25)26/h4-11,27H,1-3H3,(H,28,31)(H,29,32). The number of nitrogens with one attached hydrogen (secondary N) is 3. The second-order valence-corrected chi connectivity index (χ2v) is 7.21. The van der Waals surface area contributed by atoms with Crippen molar-refractivity contribution < 1.29 is 27.6 Å². The number of rotatable bonds is 5. The van der Waals surface area contributed by atoms with Gasteiger partial charge in [-0.3, -0.25) is 14.4 Å². The maximum absolute atomic E-state index is 12.9. The normalized spacial score (nSPS) is 11.2. The van der Waals surface area contributed by atoms with Gasteiger partial charge in [0.05, 0.1) is 16.8 Å². The number of para-hydroxylation sites is 1. The summed E-state index contributed by atoms with van der Waals surface area (Å²) < 4.78 is 38.8. The number of aryl methyl sites for hydroxylation is 1. The number of carbonyl (C=O) groups excluding carboxylic acids is 3. The molecule has 3 aromatic rings. The average molecular weight is 443 g/mol. The molecule has 0 aliphatic rings. The number of aromatic amines is 1. The van der Waals surface area contributed by atoms with E-state index >= 15 is 0 Å². The summed E-state index contributed by atoms with van der Waals surface area (Å²) in [7, 11) is 0. The molecule has 166 valence electrons. The van der Waals surface area contributed by atoms with E-state index in [1.807, 2.05) is 0 Å². The average Bonchev–Trinajstić information content (AvgIpc) is 3.02. The molecule has 0 unspecified atom stereocenters. The quantitative estimate of drug-likeness (QED) is 0.464. The van der Waals surface area contributed by atoms with E-state index in [9.17, 15) is 27.6 Å². The number of amides is 2. The third kappa shape index (κ3) is 4.72. The Morgan fingerprint density at radius 3 is 2.22 bits per heavy atom. The van der Waals surface area contributed by atoms with Crippen molar-refractivity contribution >= 4 is 29.0 Å². The van der Waals surface area contributed by atoms with E-state index in [1.54, 1.807) is 26.0 Å². The van der Waals surface area contributed by atoms with Crippen LogP contribution in [0.25, 0.3) is 0 Å². The number of H-pyrrole nitrogens is 1. The molecule has 2 aromatic carbocycles. The van der Waals surface area contributed by atoms with Crippen LogP contribution in [-0.2, 0) is 6.18 Å². The lowest BCUT2D eigenvalue weighted by Gasteiger charge is -2.13.